The molecule has 1 aromatic rings. The zero-order valence-electron chi connectivity index (χ0n) is 10.3. The van der Waals surface area contributed by atoms with E-state index >= 15 is 0 Å². The Kier molecular flexibility index (Phi) is 4.62. The van der Waals surface area contributed by atoms with Crippen LogP contribution in [-0.4, -0.2) is 15.3 Å². The standard InChI is InChI=1S/C13H20N2O/c1-5-9(3)7-13(16)11-8-10(4)14-15-12(11)6-2/h8,13,16H,3,5-7H2,1-2,4H3. The fourth-order valence-corrected chi connectivity index (χ4v) is 1.63. The van der Waals surface area contributed by atoms with Gasteiger partial charge in [-0.1, -0.05) is 26.0 Å². The molecule has 0 aliphatic heterocycles. The van der Waals surface area contributed by atoms with E-state index < -0.39 is 6.10 Å². The van der Waals surface area contributed by atoms with Gasteiger partial charge < -0.3 is 5.11 Å². The molecule has 3 nitrogen and oxygen atoms in total. The van der Waals surface area contributed by atoms with Gasteiger partial charge in [-0.2, -0.15) is 10.2 Å². The van der Waals surface area contributed by atoms with E-state index in [0.717, 1.165) is 35.4 Å². The Morgan fingerprint density at radius 2 is 2.12 bits per heavy atom. The van der Waals surface area contributed by atoms with Crippen LogP contribution in [0.2, 0.25) is 0 Å². The maximum Gasteiger partial charge on any atom is 0.0845 e. The second kappa shape index (κ2) is 5.75. The summed E-state index contributed by atoms with van der Waals surface area (Å²) in [4.78, 5) is 0. The number of hydrogen-bond acceptors (Lipinski definition) is 3. The summed E-state index contributed by atoms with van der Waals surface area (Å²) in [7, 11) is 0. The van der Waals surface area contributed by atoms with E-state index in [1.165, 1.54) is 0 Å². The lowest BCUT2D eigenvalue weighted by molar-refractivity contribution is 0.175. The van der Waals surface area contributed by atoms with Crippen LogP contribution in [0, 0.1) is 6.92 Å². The van der Waals surface area contributed by atoms with Crippen LogP contribution in [0.4, 0.5) is 0 Å². The Morgan fingerprint density at radius 1 is 1.44 bits per heavy atom. The number of aromatic nitrogens is 2. The van der Waals surface area contributed by atoms with E-state index in [-0.39, 0.29) is 0 Å². The molecule has 1 N–H and O–H groups in total. The molecule has 0 spiro atoms. The molecule has 88 valence electrons. The van der Waals surface area contributed by atoms with Crippen molar-refractivity contribution >= 4 is 0 Å². The van der Waals surface area contributed by atoms with Crippen LogP contribution in [-0.2, 0) is 6.42 Å². The minimum Gasteiger partial charge on any atom is -0.388 e. The van der Waals surface area contributed by atoms with Gasteiger partial charge in [0.2, 0.25) is 0 Å². The van der Waals surface area contributed by atoms with Crippen molar-refractivity contribution in [2.75, 3.05) is 0 Å². The summed E-state index contributed by atoms with van der Waals surface area (Å²) in [6, 6.07) is 1.92. The van der Waals surface area contributed by atoms with Gasteiger partial charge in [-0.3, -0.25) is 0 Å². The zero-order valence-corrected chi connectivity index (χ0v) is 10.3. The highest BCUT2D eigenvalue weighted by atomic mass is 16.3. The molecule has 1 rings (SSSR count). The van der Waals surface area contributed by atoms with Crippen LogP contribution in [0.5, 0.6) is 0 Å². The van der Waals surface area contributed by atoms with Crippen LogP contribution in [0.3, 0.4) is 0 Å². The van der Waals surface area contributed by atoms with Gasteiger partial charge in [0.05, 0.1) is 17.5 Å². The average Bonchev–Trinajstić information content (AvgIpc) is 2.28. The number of rotatable bonds is 5. The first-order valence-electron chi connectivity index (χ1n) is 5.76. The second-order valence-electron chi connectivity index (χ2n) is 4.06. The van der Waals surface area contributed by atoms with E-state index in [2.05, 4.69) is 16.8 Å². The predicted octanol–water partition coefficient (Wildman–Crippen LogP) is 2.74. The van der Waals surface area contributed by atoms with Gasteiger partial charge in [-0.05, 0) is 32.3 Å². The van der Waals surface area contributed by atoms with Gasteiger partial charge in [0.25, 0.3) is 0 Å². The topological polar surface area (TPSA) is 46.0 Å². The minimum atomic E-state index is -0.503. The highest BCUT2D eigenvalue weighted by molar-refractivity contribution is 5.24. The summed E-state index contributed by atoms with van der Waals surface area (Å²) in [5.74, 6) is 0. The smallest absolute Gasteiger partial charge is 0.0845 e. The molecule has 0 radical (unpaired) electrons. The lowest BCUT2D eigenvalue weighted by Crippen LogP contribution is -2.07. The summed E-state index contributed by atoms with van der Waals surface area (Å²) < 4.78 is 0. The summed E-state index contributed by atoms with van der Waals surface area (Å²) in [5, 5.41) is 18.2. The molecule has 0 aliphatic rings. The van der Waals surface area contributed by atoms with E-state index in [1.54, 1.807) is 0 Å². The molecule has 0 bridgehead atoms. The Morgan fingerprint density at radius 3 is 2.69 bits per heavy atom. The molecule has 16 heavy (non-hydrogen) atoms. The molecule has 1 heterocycles. The number of aryl methyl sites for hydroxylation is 2. The summed E-state index contributed by atoms with van der Waals surface area (Å²) >= 11 is 0. The maximum atomic E-state index is 10.1. The molecule has 1 unspecified atom stereocenters. The molecule has 0 fully saturated rings. The van der Waals surface area contributed by atoms with E-state index in [0.29, 0.717) is 6.42 Å². The highest BCUT2D eigenvalue weighted by Crippen LogP contribution is 2.24. The molecular weight excluding hydrogens is 200 g/mol. The van der Waals surface area contributed by atoms with Crippen molar-refractivity contribution in [3.05, 3.63) is 35.2 Å². The summed E-state index contributed by atoms with van der Waals surface area (Å²) in [5.41, 5.74) is 3.67. The van der Waals surface area contributed by atoms with Gasteiger partial charge in [0.15, 0.2) is 0 Å². The van der Waals surface area contributed by atoms with Crippen molar-refractivity contribution in [3.8, 4) is 0 Å². The fraction of sp³-hybridized carbons (Fsp3) is 0.538. The molecule has 0 aliphatic carbocycles. The maximum absolute atomic E-state index is 10.1. The monoisotopic (exact) mass is 220 g/mol. The number of aliphatic hydroxyl groups excluding tert-OH is 1. The van der Waals surface area contributed by atoms with Crippen molar-refractivity contribution in [3.63, 3.8) is 0 Å². The molecule has 1 aromatic heterocycles. The van der Waals surface area contributed by atoms with Crippen LogP contribution < -0.4 is 0 Å². The van der Waals surface area contributed by atoms with Crippen LogP contribution >= 0.6 is 0 Å². The molecule has 0 amide bonds. The first-order valence-corrected chi connectivity index (χ1v) is 5.76. The highest BCUT2D eigenvalue weighted by Gasteiger charge is 2.14. The number of hydrogen-bond donors (Lipinski definition) is 1. The Labute approximate surface area is 97.2 Å². The van der Waals surface area contributed by atoms with E-state index in [4.69, 9.17) is 0 Å². The average molecular weight is 220 g/mol. The van der Waals surface area contributed by atoms with Gasteiger partial charge in [-0.25, -0.2) is 0 Å². The first kappa shape index (κ1) is 12.8. The summed E-state index contributed by atoms with van der Waals surface area (Å²) in [6.45, 7) is 9.87. The normalized spacial score (nSPS) is 12.5. The van der Waals surface area contributed by atoms with Crippen molar-refractivity contribution < 1.29 is 5.11 Å². The fourth-order valence-electron chi connectivity index (χ4n) is 1.63. The third-order valence-electron chi connectivity index (χ3n) is 2.70. The first-order chi connectivity index (χ1) is 7.58. The van der Waals surface area contributed by atoms with Crippen molar-refractivity contribution in [1.82, 2.24) is 10.2 Å². The van der Waals surface area contributed by atoms with E-state index in [9.17, 15) is 5.11 Å². The Balaban J connectivity index is 2.92. The number of nitrogens with zero attached hydrogens (tertiary/aromatic N) is 2. The summed E-state index contributed by atoms with van der Waals surface area (Å²) in [6.07, 6.45) is 1.79. The molecule has 0 aromatic carbocycles. The second-order valence-corrected chi connectivity index (χ2v) is 4.06. The van der Waals surface area contributed by atoms with Crippen LogP contribution in [0.1, 0.15) is 49.7 Å². The minimum absolute atomic E-state index is 0.503. The van der Waals surface area contributed by atoms with Gasteiger partial charge in [-0.15, -0.1) is 0 Å². The van der Waals surface area contributed by atoms with Gasteiger partial charge >= 0.3 is 0 Å². The quantitative estimate of drug-likeness (QED) is 0.776. The molecule has 1 atom stereocenters. The van der Waals surface area contributed by atoms with Gasteiger partial charge in [0, 0.05) is 5.56 Å². The lowest BCUT2D eigenvalue weighted by atomic mass is 9.99. The Bertz CT molecular complexity index is 374. The van der Waals surface area contributed by atoms with Crippen molar-refractivity contribution in [2.45, 2.75) is 46.1 Å². The Hall–Kier alpha value is -1.22. The van der Waals surface area contributed by atoms with E-state index in [1.807, 2.05) is 26.8 Å². The predicted molar refractivity (Wildman–Crippen MR) is 65.2 cm³/mol. The number of aliphatic hydroxyl groups is 1. The van der Waals surface area contributed by atoms with Gasteiger partial charge in [0.1, 0.15) is 0 Å². The molecule has 0 saturated carbocycles. The van der Waals surface area contributed by atoms with Crippen molar-refractivity contribution in [2.24, 2.45) is 0 Å². The zero-order chi connectivity index (χ0) is 12.1. The SMILES string of the molecule is C=C(CC)CC(O)c1cc(C)nnc1CC. The third-order valence-corrected chi connectivity index (χ3v) is 2.70. The van der Waals surface area contributed by atoms with Crippen LogP contribution in [0.25, 0.3) is 0 Å². The van der Waals surface area contributed by atoms with Crippen LogP contribution in [0.15, 0.2) is 18.2 Å². The lowest BCUT2D eigenvalue weighted by Gasteiger charge is -2.15. The van der Waals surface area contributed by atoms with Crippen molar-refractivity contribution in [1.29, 1.82) is 0 Å². The third kappa shape index (κ3) is 3.14. The molecule has 3 heteroatoms. The largest absolute Gasteiger partial charge is 0.388 e. The molecule has 0 saturated heterocycles. The molecular formula is C13H20N2O.